The summed E-state index contributed by atoms with van der Waals surface area (Å²) in [6.07, 6.45) is 15.3. The Bertz CT molecular complexity index is 1150. The van der Waals surface area contributed by atoms with Crippen LogP contribution in [-0.4, -0.2) is 32.2 Å². The van der Waals surface area contributed by atoms with Gasteiger partial charge in [-0.25, -0.2) is 0 Å². The van der Waals surface area contributed by atoms with E-state index in [0.717, 1.165) is 29.1 Å². The second-order valence-electron chi connectivity index (χ2n) is 6.98. The van der Waals surface area contributed by atoms with E-state index in [1.807, 2.05) is 35.9 Å². The number of fused-ring (bicyclic) bond motifs is 2. The van der Waals surface area contributed by atoms with E-state index in [2.05, 4.69) is 50.6 Å². The first-order chi connectivity index (χ1) is 14.3. The molecule has 7 heteroatoms. The third kappa shape index (κ3) is 3.14. The number of aromatic nitrogens is 4. The molecule has 6 nitrogen and oxygen atoms in total. The number of allylic oxidation sites excluding steroid dienone is 2. The first kappa shape index (κ1) is 18.1. The van der Waals surface area contributed by atoms with E-state index in [-0.39, 0.29) is 6.04 Å². The van der Waals surface area contributed by atoms with E-state index in [0.29, 0.717) is 23.9 Å². The molecule has 0 saturated heterocycles. The van der Waals surface area contributed by atoms with Crippen molar-refractivity contribution in [2.45, 2.75) is 26.0 Å². The first-order valence-electron chi connectivity index (χ1n) is 9.65. The zero-order valence-corrected chi connectivity index (χ0v) is 16.8. The van der Waals surface area contributed by atoms with Crippen molar-refractivity contribution >= 4 is 28.5 Å². The minimum Gasteiger partial charge on any atom is -0.374 e. The van der Waals surface area contributed by atoms with Crippen LogP contribution in [-0.2, 0) is 11.3 Å². The summed E-state index contributed by atoms with van der Waals surface area (Å²) in [4.78, 5) is 6.50. The van der Waals surface area contributed by atoms with E-state index in [9.17, 15) is 0 Å². The van der Waals surface area contributed by atoms with Crippen LogP contribution in [0.25, 0.3) is 11.2 Å². The Morgan fingerprint density at radius 2 is 2.21 bits per heavy atom. The van der Waals surface area contributed by atoms with E-state index < -0.39 is 0 Å². The van der Waals surface area contributed by atoms with Gasteiger partial charge in [0.2, 0.25) is 0 Å². The molecule has 146 valence electrons. The summed E-state index contributed by atoms with van der Waals surface area (Å²) in [5.41, 5.74) is 5.09. The highest BCUT2D eigenvalue weighted by atomic mass is 35.5. The lowest BCUT2D eigenvalue weighted by Gasteiger charge is -2.28. The summed E-state index contributed by atoms with van der Waals surface area (Å²) in [5.74, 6) is 0.747. The fourth-order valence-electron chi connectivity index (χ4n) is 3.86. The summed E-state index contributed by atoms with van der Waals surface area (Å²) in [6, 6.07) is 6.35. The van der Waals surface area contributed by atoms with Gasteiger partial charge in [-0.15, -0.1) is 10.2 Å². The Morgan fingerprint density at radius 1 is 1.28 bits per heavy atom. The van der Waals surface area contributed by atoms with Crippen molar-refractivity contribution in [2.75, 3.05) is 11.5 Å². The molecule has 0 saturated carbocycles. The third-order valence-electron chi connectivity index (χ3n) is 5.31. The van der Waals surface area contributed by atoms with Crippen LogP contribution in [0.4, 0.5) is 5.69 Å². The quantitative estimate of drug-likeness (QED) is 0.628. The maximum absolute atomic E-state index is 6.72. The van der Waals surface area contributed by atoms with Gasteiger partial charge in [0.1, 0.15) is 6.61 Å². The zero-order chi connectivity index (χ0) is 19.8. The molecule has 1 unspecified atom stereocenters. The molecule has 0 aromatic carbocycles. The highest BCUT2D eigenvalue weighted by molar-refractivity contribution is 6.35. The molecule has 4 heterocycles. The van der Waals surface area contributed by atoms with Crippen LogP contribution in [0, 0.1) is 0 Å². The highest BCUT2D eigenvalue weighted by Gasteiger charge is 2.28. The number of rotatable bonds is 5. The molecule has 5 rings (SSSR count). The van der Waals surface area contributed by atoms with Crippen molar-refractivity contribution in [3.8, 4) is 0 Å². The van der Waals surface area contributed by atoms with Crippen molar-refractivity contribution in [1.82, 2.24) is 19.6 Å². The molecule has 1 aliphatic carbocycles. The van der Waals surface area contributed by atoms with Crippen LogP contribution in [0.5, 0.6) is 0 Å². The van der Waals surface area contributed by atoms with E-state index >= 15 is 0 Å². The van der Waals surface area contributed by atoms with Gasteiger partial charge in [0.15, 0.2) is 11.5 Å². The zero-order valence-electron chi connectivity index (χ0n) is 16.0. The average molecular weight is 406 g/mol. The lowest BCUT2D eigenvalue weighted by Crippen LogP contribution is -2.28. The fourth-order valence-corrected chi connectivity index (χ4v) is 4.16. The molecule has 1 atom stereocenters. The van der Waals surface area contributed by atoms with Crippen molar-refractivity contribution in [3.63, 3.8) is 0 Å². The molecule has 0 spiro atoms. The van der Waals surface area contributed by atoms with E-state index in [1.165, 1.54) is 5.57 Å². The van der Waals surface area contributed by atoms with Crippen molar-refractivity contribution in [1.29, 1.82) is 0 Å². The smallest absolute Gasteiger partial charge is 0.180 e. The number of nitrogens with zero attached hydrogens (tertiary/aromatic N) is 5. The molecule has 0 amide bonds. The third-order valence-corrected chi connectivity index (χ3v) is 5.68. The van der Waals surface area contributed by atoms with E-state index in [1.54, 1.807) is 6.20 Å². The van der Waals surface area contributed by atoms with Crippen molar-refractivity contribution < 1.29 is 4.74 Å². The van der Waals surface area contributed by atoms with Crippen LogP contribution in [0.2, 0.25) is 5.02 Å². The molecular weight excluding hydrogens is 386 g/mol. The molecule has 0 radical (unpaired) electrons. The minimum absolute atomic E-state index is 0.288. The topological polar surface area (TPSA) is 55.6 Å². The molecular formula is C22H20ClN5O. The molecule has 3 aromatic heterocycles. The molecule has 2 aliphatic rings. The normalized spacial score (nSPS) is 18.1. The number of halogens is 1. The predicted molar refractivity (Wildman–Crippen MR) is 114 cm³/mol. The molecule has 0 fully saturated rings. The molecule has 0 N–H and O–H groups in total. The van der Waals surface area contributed by atoms with Crippen LogP contribution in [0.1, 0.15) is 24.7 Å². The SMILES string of the molecule is CCOCc1nnc2c(Cl)c(C3=CCC4C(=C3)C=CN4c3cccnc3)ccn12. The second-order valence-corrected chi connectivity index (χ2v) is 7.36. The Balaban J connectivity index is 1.44. The van der Waals surface area contributed by atoms with Crippen LogP contribution >= 0.6 is 11.6 Å². The van der Waals surface area contributed by atoms with Crippen LogP contribution in [0.3, 0.4) is 0 Å². The largest absolute Gasteiger partial charge is 0.374 e. The number of ether oxygens (including phenoxy) is 1. The Hall–Kier alpha value is -2.96. The summed E-state index contributed by atoms with van der Waals surface area (Å²) < 4.78 is 7.35. The van der Waals surface area contributed by atoms with Gasteiger partial charge in [-0.3, -0.25) is 9.38 Å². The maximum atomic E-state index is 6.72. The average Bonchev–Trinajstić information content (AvgIpc) is 3.37. The Kier molecular flexibility index (Phi) is 4.66. The molecule has 0 bridgehead atoms. The van der Waals surface area contributed by atoms with E-state index in [4.69, 9.17) is 16.3 Å². The van der Waals surface area contributed by atoms with Gasteiger partial charge in [-0.2, -0.15) is 0 Å². The second kappa shape index (κ2) is 7.46. The van der Waals surface area contributed by atoms with Crippen molar-refractivity contribution in [2.24, 2.45) is 0 Å². The van der Waals surface area contributed by atoms with Gasteiger partial charge in [0, 0.05) is 30.8 Å². The maximum Gasteiger partial charge on any atom is 0.180 e. The predicted octanol–water partition coefficient (Wildman–Crippen LogP) is 4.43. The number of hydrogen-bond acceptors (Lipinski definition) is 5. The molecule has 3 aromatic rings. The molecule has 29 heavy (non-hydrogen) atoms. The van der Waals surface area contributed by atoms with Gasteiger partial charge in [-0.1, -0.05) is 17.7 Å². The molecule has 1 aliphatic heterocycles. The minimum atomic E-state index is 0.288. The first-order valence-corrected chi connectivity index (χ1v) is 10.0. The number of pyridine rings is 2. The van der Waals surface area contributed by atoms with Crippen LogP contribution in [0.15, 0.2) is 66.8 Å². The lowest BCUT2D eigenvalue weighted by molar-refractivity contribution is 0.127. The monoisotopic (exact) mass is 405 g/mol. The number of hydrogen-bond donors (Lipinski definition) is 0. The van der Waals surface area contributed by atoms with Gasteiger partial charge in [0.05, 0.1) is 22.9 Å². The fraction of sp³-hybridized carbons (Fsp3) is 0.227. The summed E-state index contributed by atoms with van der Waals surface area (Å²) in [6.45, 7) is 3.00. The van der Waals surface area contributed by atoms with Gasteiger partial charge in [-0.05, 0) is 54.8 Å². The summed E-state index contributed by atoms with van der Waals surface area (Å²) >= 11 is 6.72. The van der Waals surface area contributed by atoms with Gasteiger partial charge in [0.25, 0.3) is 0 Å². The lowest BCUT2D eigenvalue weighted by atomic mass is 9.92. The van der Waals surface area contributed by atoms with Crippen LogP contribution < -0.4 is 4.90 Å². The Morgan fingerprint density at radius 3 is 3.03 bits per heavy atom. The standard InChI is InChI=1S/C22H20ClN5O/c1-2-29-14-20-25-26-22-21(23)18(8-11-28(20)22)15-5-6-19-16(12-15)7-10-27(19)17-4-3-9-24-13-17/h3-5,7-13,19H,2,6,14H2,1H3. The highest BCUT2D eigenvalue weighted by Crippen LogP contribution is 2.37. The summed E-state index contributed by atoms with van der Waals surface area (Å²) in [5, 5.41) is 9.10. The van der Waals surface area contributed by atoms with Gasteiger partial charge >= 0.3 is 0 Å². The van der Waals surface area contributed by atoms with Gasteiger partial charge < -0.3 is 9.64 Å². The summed E-state index contributed by atoms with van der Waals surface area (Å²) in [7, 11) is 0. The van der Waals surface area contributed by atoms with Crippen molar-refractivity contribution in [3.05, 3.63) is 83.2 Å². The number of anilines is 1. The Labute approximate surface area is 173 Å².